The summed E-state index contributed by atoms with van der Waals surface area (Å²) in [5, 5.41) is 13.4. The van der Waals surface area contributed by atoms with Gasteiger partial charge in [0.25, 0.3) is 10.0 Å². The number of benzene rings is 2. The van der Waals surface area contributed by atoms with E-state index in [2.05, 4.69) is 9.82 Å². The number of sulfonamides is 1. The summed E-state index contributed by atoms with van der Waals surface area (Å²) in [6, 6.07) is 12.4. The lowest BCUT2D eigenvalue weighted by atomic mass is 10.1. The van der Waals surface area contributed by atoms with E-state index in [9.17, 15) is 18.3 Å². The fourth-order valence-electron chi connectivity index (χ4n) is 2.84. The molecule has 0 unspecified atom stereocenters. The predicted octanol–water partition coefficient (Wildman–Crippen LogP) is 3.05. The van der Waals surface area contributed by atoms with Gasteiger partial charge in [0.15, 0.2) is 0 Å². The van der Waals surface area contributed by atoms with Crippen LogP contribution in [0.1, 0.15) is 27.0 Å². The Morgan fingerprint density at radius 3 is 2.52 bits per heavy atom. The first-order valence-corrected chi connectivity index (χ1v) is 9.68. The topological polar surface area (TPSA) is 101 Å². The molecule has 2 N–H and O–H groups in total. The van der Waals surface area contributed by atoms with Crippen LogP contribution in [0, 0.1) is 13.8 Å². The summed E-state index contributed by atoms with van der Waals surface area (Å²) in [5.41, 5.74) is 2.29. The molecule has 0 aliphatic rings. The van der Waals surface area contributed by atoms with Crippen LogP contribution in [-0.4, -0.2) is 29.3 Å². The number of nitrogens with zero attached hydrogens (tertiary/aromatic N) is 2. The zero-order valence-electron chi connectivity index (χ0n) is 14.9. The maximum atomic E-state index is 12.7. The summed E-state index contributed by atoms with van der Waals surface area (Å²) in [4.78, 5) is 11.3. The lowest BCUT2D eigenvalue weighted by Crippen LogP contribution is -2.15. The number of aromatic carboxylic acids is 1. The standard InChI is InChI=1S/C19H19N3O4S/c1-13-8-14(2)18(9-17(13)19(23)24)27(25,26)21-16-10-20-22(12-16)11-15-6-4-3-5-7-15/h3-10,12,21H,11H2,1-2H3,(H,23,24). The Morgan fingerprint density at radius 1 is 1.15 bits per heavy atom. The quantitative estimate of drug-likeness (QED) is 0.679. The van der Waals surface area contributed by atoms with E-state index in [1.807, 2.05) is 30.3 Å². The maximum Gasteiger partial charge on any atom is 0.335 e. The summed E-state index contributed by atoms with van der Waals surface area (Å²) in [5.74, 6) is -1.17. The average molecular weight is 385 g/mol. The lowest BCUT2D eigenvalue weighted by Gasteiger charge is -2.11. The van der Waals surface area contributed by atoms with Crippen LogP contribution >= 0.6 is 0 Å². The number of hydrogen-bond acceptors (Lipinski definition) is 4. The Bertz CT molecular complexity index is 1090. The van der Waals surface area contributed by atoms with Crippen LogP contribution in [0.25, 0.3) is 0 Å². The highest BCUT2D eigenvalue weighted by Crippen LogP contribution is 2.23. The van der Waals surface area contributed by atoms with E-state index in [1.54, 1.807) is 30.8 Å². The van der Waals surface area contributed by atoms with Gasteiger partial charge in [-0.3, -0.25) is 9.40 Å². The molecule has 3 rings (SSSR count). The van der Waals surface area contributed by atoms with Crippen molar-refractivity contribution < 1.29 is 18.3 Å². The van der Waals surface area contributed by atoms with Crippen molar-refractivity contribution in [3.05, 3.63) is 77.1 Å². The van der Waals surface area contributed by atoms with Crippen LogP contribution in [0.4, 0.5) is 5.69 Å². The highest BCUT2D eigenvalue weighted by atomic mass is 32.2. The van der Waals surface area contributed by atoms with Crippen LogP contribution in [-0.2, 0) is 16.6 Å². The van der Waals surface area contributed by atoms with Crippen LogP contribution in [0.5, 0.6) is 0 Å². The van der Waals surface area contributed by atoms with E-state index in [-0.39, 0.29) is 10.5 Å². The SMILES string of the molecule is Cc1cc(C)c(S(=O)(=O)Nc2cnn(Cc3ccccc3)c2)cc1C(=O)O. The number of aryl methyl sites for hydroxylation is 2. The zero-order valence-corrected chi connectivity index (χ0v) is 15.7. The van der Waals surface area contributed by atoms with Gasteiger partial charge < -0.3 is 5.11 Å². The normalized spacial score (nSPS) is 11.3. The Labute approximate surface area is 157 Å². The number of carboxylic acids is 1. The van der Waals surface area contributed by atoms with E-state index in [0.717, 1.165) is 5.56 Å². The molecular formula is C19H19N3O4S. The van der Waals surface area contributed by atoms with Gasteiger partial charge in [-0.2, -0.15) is 5.10 Å². The third-order valence-corrected chi connectivity index (χ3v) is 5.64. The fourth-order valence-corrected chi connectivity index (χ4v) is 4.12. The molecule has 3 aromatic rings. The molecule has 0 saturated carbocycles. The summed E-state index contributed by atoms with van der Waals surface area (Å²) in [6.45, 7) is 3.77. The van der Waals surface area contributed by atoms with Gasteiger partial charge in [0, 0.05) is 6.20 Å². The summed E-state index contributed by atoms with van der Waals surface area (Å²) in [6.07, 6.45) is 3.01. The Morgan fingerprint density at radius 2 is 1.85 bits per heavy atom. The summed E-state index contributed by atoms with van der Waals surface area (Å²) < 4.78 is 29.6. The van der Waals surface area contributed by atoms with Gasteiger partial charge in [0.05, 0.1) is 28.9 Å². The zero-order chi connectivity index (χ0) is 19.6. The number of carboxylic acid groups (broad SMARTS) is 1. The Balaban J connectivity index is 1.85. The van der Waals surface area contributed by atoms with E-state index in [1.165, 1.54) is 12.3 Å². The molecule has 0 spiro atoms. The molecule has 1 aromatic heterocycles. The molecule has 2 aromatic carbocycles. The molecule has 0 saturated heterocycles. The van der Waals surface area contributed by atoms with Crippen LogP contribution < -0.4 is 4.72 Å². The summed E-state index contributed by atoms with van der Waals surface area (Å²) >= 11 is 0. The van der Waals surface area contributed by atoms with Crippen LogP contribution in [0.15, 0.2) is 59.8 Å². The van der Waals surface area contributed by atoms with Crippen molar-refractivity contribution in [1.29, 1.82) is 0 Å². The average Bonchev–Trinajstić information content (AvgIpc) is 3.01. The smallest absolute Gasteiger partial charge is 0.335 e. The predicted molar refractivity (Wildman–Crippen MR) is 101 cm³/mol. The van der Waals surface area contributed by atoms with Crippen molar-refractivity contribution in [2.75, 3.05) is 4.72 Å². The van der Waals surface area contributed by atoms with Crippen LogP contribution in [0.3, 0.4) is 0 Å². The van der Waals surface area contributed by atoms with Gasteiger partial charge in [-0.1, -0.05) is 36.4 Å². The molecular weight excluding hydrogens is 366 g/mol. The highest BCUT2D eigenvalue weighted by Gasteiger charge is 2.21. The number of carbonyl (C=O) groups is 1. The highest BCUT2D eigenvalue weighted by molar-refractivity contribution is 7.92. The maximum absolute atomic E-state index is 12.7. The van der Waals surface area contributed by atoms with Gasteiger partial charge in [-0.25, -0.2) is 13.2 Å². The number of nitrogens with one attached hydrogen (secondary N) is 1. The molecule has 0 bridgehead atoms. The van der Waals surface area contributed by atoms with Gasteiger partial charge >= 0.3 is 5.97 Å². The molecule has 0 aliphatic heterocycles. The molecule has 8 heteroatoms. The fraction of sp³-hybridized carbons (Fsp3) is 0.158. The largest absolute Gasteiger partial charge is 0.478 e. The monoisotopic (exact) mass is 385 g/mol. The molecule has 0 atom stereocenters. The second-order valence-corrected chi connectivity index (χ2v) is 7.91. The van der Waals surface area contributed by atoms with Crippen molar-refractivity contribution >= 4 is 21.7 Å². The molecule has 0 aliphatic carbocycles. The van der Waals surface area contributed by atoms with E-state index in [4.69, 9.17) is 0 Å². The van der Waals surface area contributed by atoms with E-state index in [0.29, 0.717) is 23.4 Å². The first-order valence-electron chi connectivity index (χ1n) is 8.20. The Hall–Kier alpha value is -3.13. The molecule has 1 heterocycles. The Kier molecular flexibility index (Phi) is 5.00. The lowest BCUT2D eigenvalue weighted by molar-refractivity contribution is 0.0696. The van der Waals surface area contributed by atoms with Crippen LogP contribution in [0.2, 0.25) is 0 Å². The van der Waals surface area contributed by atoms with E-state index < -0.39 is 16.0 Å². The minimum Gasteiger partial charge on any atom is -0.478 e. The molecule has 140 valence electrons. The molecule has 0 radical (unpaired) electrons. The van der Waals surface area contributed by atoms with Crippen molar-refractivity contribution in [1.82, 2.24) is 9.78 Å². The van der Waals surface area contributed by atoms with Crippen molar-refractivity contribution in [3.63, 3.8) is 0 Å². The van der Waals surface area contributed by atoms with Gasteiger partial charge in [0.2, 0.25) is 0 Å². The molecule has 27 heavy (non-hydrogen) atoms. The number of rotatable bonds is 6. The third kappa shape index (κ3) is 4.17. The minimum absolute atomic E-state index is 0.0410. The molecule has 7 nitrogen and oxygen atoms in total. The molecule has 0 amide bonds. The van der Waals surface area contributed by atoms with Gasteiger partial charge in [0.1, 0.15) is 0 Å². The minimum atomic E-state index is -3.94. The van der Waals surface area contributed by atoms with Gasteiger partial charge in [-0.15, -0.1) is 0 Å². The summed E-state index contributed by atoms with van der Waals surface area (Å²) in [7, 11) is -3.94. The first kappa shape index (κ1) is 18.7. The van der Waals surface area contributed by atoms with Crippen molar-refractivity contribution in [3.8, 4) is 0 Å². The third-order valence-electron chi connectivity index (χ3n) is 4.11. The second kappa shape index (κ2) is 7.24. The number of aromatic nitrogens is 2. The number of hydrogen-bond donors (Lipinski definition) is 2. The van der Waals surface area contributed by atoms with Crippen molar-refractivity contribution in [2.24, 2.45) is 0 Å². The number of anilines is 1. The van der Waals surface area contributed by atoms with Crippen molar-refractivity contribution in [2.45, 2.75) is 25.3 Å². The second-order valence-electron chi connectivity index (χ2n) is 6.26. The first-order chi connectivity index (χ1) is 12.8. The molecule has 0 fully saturated rings. The van der Waals surface area contributed by atoms with E-state index >= 15 is 0 Å². The van der Waals surface area contributed by atoms with Gasteiger partial charge in [-0.05, 0) is 36.6 Å².